The van der Waals surface area contributed by atoms with Crippen LogP contribution in [0.2, 0.25) is 0 Å². The van der Waals surface area contributed by atoms with Gasteiger partial charge in [0.1, 0.15) is 0 Å². The second kappa shape index (κ2) is 5.65. The van der Waals surface area contributed by atoms with Crippen molar-refractivity contribution in [3.8, 4) is 0 Å². The van der Waals surface area contributed by atoms with Gasteiger partial charge in [-0.2, -0.15) is 0 Å². The zero-order chi connectivity index (χ0) is 12.3. The van der Waals surface area contributed by atoms with E-state index in [0.29, 0.717) is 24.6 Å². The number of ether oxygens (including phenoxy) is 1. The van der Waals surface area contributed by atoms with Gasteiger partial charge in [0, 0.05) is 25.1 Å². The van der Waals surface area contributed by atoms with E-state index in [-0.39, 0.29) is 0 Å². The molecule has 1 saturated heterocycles. The number of hydrogen-bond acceptors (Lipinski definition) is 2. The first kappa shape index (κ1) is 12.6. The minimum absolute atomic E-state index is 0.628. The van der Waals surface area contributed by atoms with Gasteiger partial charge in [0.15, 0.2) is 0 Å². The van der Waals surface area contributed by atoms with Crippen molar-refractivity contribution < 1.29 is 4.74 Å². The molecule has 3 atom stereocenters. The summed E-state index contributed by atoms with van der Waals surface area (Å²) >= 11 is 0. The fourth-order valence-corrected chi connectivity index (χ4v) is 2.95. The van der Waals surface area contributed by atoms with Gasteiger partial charge in [-0.1, -0.05) is 31.2 Å². The predicted molar refractivity (Wildman–Crippen MR) is 71.2 cm³/mol. The lowest BCUT2D eigenvalue weighted by Gasteiger charge is -2.18. The van der Waals surface area contributed by atoms with Crippen molar-refractivity contribution in [3.05, 3.63) is 35.4 Å². The fourth-order valence-electron chi connectivity index (χ4n) is 2.95. The number of rotatable bonds is 4. The van der Waals surface area contributed by atoms with Crippen molar-refractivity contribution in [1.82, 2.24) is 5.32 Å². The van der Waals surface area contributed by atoms with E-state index < -0.39 is 0 Å². The summed E-state index contributed by atoms with van der Waals surface area (Å²) in [7, 11) is 1.75. The van der Waals surface area contributed by atoms with Gasteiger partial charge >= 0.3 is 0 Å². The lowest BCUT2D eigenvalue weighted by Crippen LogP contribution is -2.28. The molecule has 0 saturated carbocycles. The minimum atomic E-state index is 0.628. The van der Waals surface area contributed by atoms with Crippen LogP contribution in [0.15, 0.2) is 24.3 Å². The standard InChI is InChI=1S/C15H23NO/c1-4-15-14(8-11(2)16-15)13-7-5-6-12(9-13)10-17-3/h5-7,9,11,14-16H,4,8,10H2,1-3H3. The van der Waals surface area contributed by atoms with Crippen LogP contribution in [0.3, 0.4) is 0 Å². The summed E-state index contributed by atoms with van der Waals surface area (Å²) in [5.74, 6) is 0.659. The first-order chi connectivity index (χ1) is 8.24. The lowest BCUT2D eigenvalue weighted by molar-refractivity contribution is 0.185. The van der Waals surface area contributed by atoms with Crippen LogP contribution < -0.4 is 5.32 Å². The summed E-state index contributed by atoms with van der Waals surface area (Å²) in [6, 6.07) is 10.1. The van der Waals surface area contributed by atoms with Crippen molar-refractivity contribution in [3.63, 3.8) is 0 Å². The van der Waals surface area contributed by atoms with Crippen LogP contribution in [-0.4, -0.2) is 19.2 Å². The van der Waals surface area contributed by atoms with Crippen LogP contribution in [-0.2, 0) is 11.3 Å². The van der Waals surface area contributed by atoms with Crippen LogP contribution in [0.5, 0.6) is 0 Å². The molecule has 1 aromatic carbocycles. The third-order valence-electron chi connectivity index (χ3n) is 3.72. The highest BCUT2D eigenvalue weighted by molar-refractivity contribution is 5.28. The Hall–Kier alpha value is -0.860. The minimum Gasteiger partial charge on any atom is -0.380 e. The number of nitrogens with one attached hydrogen (secondary N) is 1. The first-order valence-corrected chi connectivity index (χ1v) is 6.58. The van der Waals surface area contributed by atoms with Gasteiger partial charge in [0.05, 0.1) is 6.61 Å². The van der Waals surface area contributed by atoms with Crippen LogP contribution in [0.1, 0.15) is 43.7 Å². The molecule has 1 aliphatic rings. The van der Waals surface area contributed by atoms with Gasteiger partial charge in [-0.05, 0) is 30.9 Å². The van der Waals surface area contributed by atoms with Gasteiger partial charge in [-0.3, -0.25) is 0 Å². The second-order valence-electron chi connectivity index (χ2n) is 5.10. The Morgan fingerprint density at radius 3 is 2.94 bits per heavy atom. The summed E-state index contributed by atoms with van der Waals surface area (Å²) in [6.45, 7) is 5.25. The third kappa shape index (κ3) is 2.88. The van der Waals surface area contributed by atoms with E-state index in [9.17, 15) is 0 Å². The van der Waals surface area contributed by atoms with E-state index in [1.54, 1.807) is 7.11 Å². The number of methoxy groups -OCH3 is 1. The molecule has 94 valence electrons. The summed E-state index contributed by atoms with van der Waals surface area (Å²) in [5, 5.41) is 3.67. The SMILES string of the molecule is CCC1NC(C)CC1c1cccc(COC)c1. The molecule has 3 unspecified atom stereocenters. The Bertz CT molecular complexity index is 364. The Kier molecular flexibility index (Phi) is 4.19. The summed E-state index contributed by atoms with van der Waals surface area (Å²) in [6.07, 6.45) is 2.44. The maximum Gasteiger partial charge on any atom is 0.0713 e. The number of hydrogen-bond donors (Lipinski definition) is 1. The fraction of sp³-hybridized carbons (Fsp3) is 0.600. The quantitative estimate of drug-likeness (QED) is 0.863. The molecule has 1 N–H and O–H groups in total. The normalized spacial score (nSPS) is 28.5. The van der Waals surface area contributed by atoms with Crippen LogP contribution in [0.4, 0.5) is 0 Å². The zero-order valence-electron chi connectivity index (χ0n) is 11.1. The topological polar surface area (TPSA) is 21.3 Å². The zero-order valence-corrected chi connectivity index (χ0v) is 11.1. The molecule has 1 aromatic rings. The molecule has 17 heavy (non-hydrogen) atoms. The summed E-state index contributed by atoms with van der Waals surface area (Å²) < 4.78 is 5.20. The van der Waals surface area contributed by atoms with Crippen molar-refractivity contribution in [2.24, 2.45) is 0 Å². The Labute approximate surface area is 104 Å². The molecule has 2 rings (SSSR count). The molecule has 0 radical (unpaired) electrons. The van der Waals surface area contributed by atoms with Crippen molar-refractivity contribution in [2.75, 3.05) is 7.11 Å². The van der Waals surface area contributed by atoms with E-state index >= 15 is 0 Å². The van der Waals surface area contributed by atoms with Gasteiger partial charge < -0.3 is 10.1 Å². The van der Waals surface area contributed by atoms with E-state index in [1.807, 2.05) is 0 Å². The molecule has 0 spiro atoms. The van der Waals surface area contributed by atoms with Crippen LogP contribution in [0, 0.1) is 0 Å². The highest BCUT2D eigenvalue weighted by Gasteiger charge is 2.30. The Morgan fingerprint density at radius 1 is 1.41 bits per heavy atom. The van der Waals surface area contributed by atoms with Gasteiger partial charge in [0.2, 0.25) is 0 Å². The average molecular weight is 233 g/mol. The van der Waals surface area contributed by atoms with E-state index in [1.165, 1.54) is 24.0 Å². The summed E-state index contributed by atoms with van der Waals surface area (Å²) in [5.41, 5.74) is 2.74. The maximum absolute atomic E-state index is 5.20. The molecule has 1 aliphatic heterocycles. The third-order valence-corrected chi connectivity index (χ3v) is 3.72. The van der Waals surface area contributed by atoms with Gasteiger partial charge in [0.25, 0.3) is 0 Å². The van der Waals surface area contributed by atoms with E-state index in [0.717, 1.165) is 0 Å². The van der Waals surface area contributed by atoms with Gasteiger partial charge in [-0.15, -0.1) is 0 Å². The lowest BCUT2D eigenvalue weighted by atomic mass is 9.89. The smallest absolute Gasteiger partial charge is 0.0713 e. The Morgan fingerprint density at radius 2 is 2.24 bits per heavy atom. The van der Waals surface area contributed by atoms with E-state index in [4.69, 9.17) is 4.74 Å². The Balaban J connectivity index is 2.18. The first-order valence-electron chi connectivity index (χ1n) is 6.58. The monoisotopic (exact) mass is 233 g/mol. The average Bonchev–Trinajstić information content (AvgIpc) is 2.71. The maximum atomic E-state index is 5.20. The van der Waals surface area contributed by atoms with Crippen molar-refractivity contribution >= 4 is 0 Å². The molecule has 1 fully saturated rings. The molecule has 0 bridgehead atoms. The molecular weight excluding hydrogens is 210 g/mol. The molecule has 2 nitrogen and oxygen atoms in total. The van der Waals surface area contributed by atoms with Crippen molar-refractivity contribution in [1.29, 1.82) is 0 Å². The van der Waals surface area contributed by atoms with Crippen LogP contribution >= 0.6 is 0 Å². The van der Waals surface area contributed by atoms with Gasteiger partial charge in [-0.25, -0.2) is 0 Å². The second-order valence-corrected chi connectivity index (χ2v) is 5.10. The highest BCUT2D eigenvalue weighted by Crippen LogP contribution is 2.32. The molecule has 1 heterocycles. The highest BCUT2D eigenvalue weighted by atomic mass is 16.5. The molecule has 0 aromatic heterocycles. The van der Waals surface area contributed by atoms with Crippen molar-refractivity contribution in [2.45, 2.75) is 51.3 Å². The number of benzene rings is 1. The predicted octanol–water partition coefficient (Wildman–Crippen LogP) is 3.08. The molecule has 2 heteroatoms. The molecular formula is C15H23NO. The summed E-state index contributed by atoms with van der Waals surface area (Å²) in [4.78, 5) is 0. The van der Waals surface area contributed by atoms with E-state index in [2.05, 4.69) is 43.4 Å². The van der Waals surface area contributed by atoms with Crippen LogP contribution in [0.25, 0.3) is 0 Å². The molecule has 0 aliphatic carbocycles. The molecule has 0 amide bonds. The largest absolute Gasteiger partial charge is 0.380 e.